The molecule has 248 valence electrons. The second-order valence-corrected chi connectivity index (χ2v) is 12.4. The zero-order chi connectivity index (χ0) is 33.0. The van der Waals surface area contributed by atoms with E-state index >= 15 is 0 Å². The van der Waals surface area contributed by atoms with Crippen LogP contribution < -0.4 is 26.4 Å². The van der Waals surface area contributed by atoms with Crippen molar-refractivity contribution in [2.45, 2.75) is 50.4 Å². The molecule has 4 aromatic rings. The molecule has 0 saturated carbocycles. The molecule has 2 aliphatic rings. The van der Waals surface area contributed by atoms with E-state index in [2.05, 4.69) is 46.7 Å². The maximum Gasteiger partial charge on any atom is 0.276 e. The molecule has 20 heteroatoms. The number of anilines is 2. The van der Waals surface area contributed by atoms with Crippen LogP contribution in [-0.2, 0) is 18.7 Å². The van der Waals surface area contributed by atoms with Crippen LogP contribution in [0.3, 0.4) is 0 Å². The highest BCUT2D eigenvalue weighted by atomic mass is 32.2. The first-order valence-electron chi connectivity index (χ1n) is 14.6. The van der Waals surface area contributed by atoms with Gasteiger partial charge >= 0.3 is 0 Å². The number of benzene rings is 1. The molecule has 2 amide bonds. The largest absolute Gasteiger partial charge is 0.489 e. The van der Waals surface area contributed by atoms with Gasteiger partial charge in [-0.15, -0.1) is 21.5 Å². The monoisotopic (exact) mass is 684 g/mol. The Balaban J connectivity index is 1.16. The number of fused-ring (bicyclic) bond motifs is 1. The lowest BCUT2D eigenvalue weighted by Gasteiger charge is -2.50. The molecular formula is C27H32N12O6S2. The second kappa shape index (κ2) is 14.0. The first-order chi connectivity index (χ1) is 22.7. The number of hydrogen-bond acceptors (Lipinski definition) is 17. The maximum atomic E-state index is 13.4. The number of ether oxygens (including phenoxy) is 1. The van der Waals surface area contributed by atoms with Crippen molar-refractivity contribution in [2.24, 2.45) is 5.16 Å². The predicted molar refractivity (Wildman–Crippen MR) is 172 cm³/mol. The van der Waals surface area contributed by atoms with Crippen LogP contribution in [0.1, 0.15) is 44.3 Å². The van der Waals surface area contributed by atoms with Crippen LogP contribution in [0.15, 0.2) is 40.9 Å². The molecule has 2 aliphatic heterocycles. The van der Waals surface area contributed by atoms with Gasteiger partial charge in [0.25, 0.3) is 11.8 Å². The smallest absolute Gasteiger partial charge is 0.276 e. The molecular weight excluding hydrogens is 653 g/mol. The number of β-lactam (4-membered cyclic amide) rings is 1. The number of thiazole rings is 1. The third-order valence-corrected chi connectivity index (χ3v) is 8.60. The highest BCUT2D eigenvalue weighted by Crippen LogP contribution is 2.34. The number of hydrogen-bond donors (Lipinski definition) is 6. The number of carbonyl (C=O) groups excluding carboxylic acids is 2. The van der Waals surface area contributed by atoms with Gasteiger partial charge in [0, 0.05) is 16.8 Å². The number of amides is 2. The molecule has 6 rings (SSSR count). The quantitative estimate of drug-likeness (QED) is 0.0508. The molecule has 0 aliphatic carbocycles. The van der Waals surface area contributed by atoms with Gasteiger partial charge in [-0.05, 0) is 70.1 Å². The van der Waals surface area contributed by atoms with E-state index in [0.29, 0.717) is 11.8 Å². The molecule has 7 N–H and O–H groups in total. The summed E-state index contributed by atoms with van der Waals surface area (Å²) in [6, 6.07) is 8.82. The van der Waals surface area contributed by atoms with Crippen molar-refractivity contribution in [2.75, 3.05) is 30.7 Å². The highest BCUT2D eigenvalue weighted by Gasteiger charge is 2.57. The number of piperidine rings is 1. The van der Waals surface area contributed by atoms with Crippen LogP contribution in [-0.4, -0.2) is 95.1 Å². The average molecular weight is 685 g/mol. The van der Waals surface area contributed by atoms with Crippen LogP contribution >= 0.6 is 23.7 Å². The molecule has 0 radical (unpaired) electrons. The number of oxime groups is 1. The van der Waals surface area contributed by atoms with Crippen molar-refractivity contribution in [3.63, 3.8) is 0 Å². The molecule has 47 heavy (non-hydrogen) atoms. The molecule has 5 heterocycles. The van der Waals surface area contributed by atoms with Crippen molar-refractivity contribution in [1.29, 1.82) is 0 Å². The lowest BCUT2D eigenvalue weighted by Crippen LogP contribution is -2.76. The number of nitrogens with one attached hydrogen (secondary N) is 4. The van der Waals surface area contributed by atoms with Gasteiger partial charge in [-0.2, -0.15) is 14.6 Å². The number of tetrazole rings is 1. The van der Waals surface area contributed by atoms with Crippen LogP contribution in [0.5, 0.6) is 5.75 Å². The summed E-state index contributed by atoms with van der Waals surface area (Å²) >= 11 is 1.12. The predicted octanol–water partition coefficient (Wildman–Crippen LogP) is 1.65. The zero-order valence-electron chi connectivity index (χ0n) is 25.2. The molecule has 1 unspecified atom stereocenters. The van der Waals surface area contributed by atoms with E-state index in [0.717, 1.165) is 59.1 Å². The summed E-state index contributed by atoms with van der Waals surface area (Å²) in [5.41, 5.74) is 5.52. The van der Waals surface area contributed by atoms with E-state index in [1.807, 2.05) is 24.3 Å². The Hall–Kier alpha value is -4.63. The summed E-state index contributed by atoms with van der Waals surface area (Å²) < 4.78 is 19.9. The Labute approximate surface area is 276 Å². The molecule has 1 aromatic carbocycles. The summed E-state index contributed by atoms with van der Waals surface area (Å²) in [6.45, 7) is 5.17. The maximum absolute atomic E-state index is 13.4. The minimum Gasteiger partial charge on any atom is -0.489 e. The third kappa shape index (κ3) is 7.20. The van der Waals surface area contributed by atoms with Gasteiger partial charge in [-0.3, -0.25) is 9.59 Å². The Kier molecular flexibility index (Phi) is 9.63. The molecule has 0 bridgehead atoms. The van der Waals surface area contributed by atoms with E-state index < -0.39 is 29.5 Å². The van der Waals surface area contributed by atoms with Gasteiger partial charge < -0.3 is 35.8 Å². The number of rotatable bonds is 13. The molecule has 2 atom stereocenters. The Morgan fingerprint density at radius 2 is 2.11 bits per heavy atom. The van der Waals surface area contributed by atoms with E-state index in [1.165, 1.54) is 5.38 Å². The highest BCUT2D eigenvalue weighted by molar-refractivity contribution is 7.88. The van der Waals surface area contributed by atoms with E-state index in [-0.39, 0.29) is 41.3 Å². The minimum absolute atomic E-state index is 0.0253. The van der Waals surface area contributed by atoms with Crippen molar-refractivity contribution in [3.05, 3.63) is 47.2 Å². The van der Waals surface area contributed by atoms with Gasteiger partial charge in [0.2, 0.25) is 11.9 Å². The van der Waals surface area contributed by atoms with Crippen LogP contribution in [0.25, 0.3) is 10.9 Å². The van der Waals surface area contributed by atoms with Crippen LogP contribution in [0.4, 0.5) is 10.9 Å². The second-order valence-electron chi connectivity index (χ2n) is 11.2. The first kappa shape index (κ1) is 32.3. The number of pyridine rings is 1. The Morgan fingerprint density at radius 1 is 1.28 bits per heavy atom. The molecule has 2 saturated heterocycles. The number of H-pyrrole nitrogens is 1. The van der Waals surface area contributed by atoms with Gasteiger partial charge in [0.1, 0.15) is 29.9 Å². The Morgan fingerprint density at radius 3 is 2.81 bits per heavy atom. The van der Waals surface area contributed by atoms with Crippen molar-refractivity contribution < 1.29 is 28.0 Å². The zero-order valence-corrected chi connectivity index (χ0v) is 26.9. The van der Waals surface area contributed by atoms with E-state index in [4.69, 9.17) is 29.1 Å². The Bertz CT molecular complexity index is 1750. The van der Waals surface area contributed by atoms with Crippen LogP contribution in [0.2, 0.25) is 0 Å². The normalized spacial score (nSPS) is 18.9. The number of carbonyl (C=O) groups is 2. The van der Waals surface area contributed by atoms with Crippen LogP contribution in [0, 0.1) is 0 Å². The van der Waals surface area contributed by atoms with Gasteiger partial charge in [-0.25, -0.2) is 9.97 Å². The fourth-order valence-electron chi connectivity index (χ4n) is 5.15. The van der Waals surface area contributed by atoms with Crippen molar-refractivity contribution in [3.8, 4) is 5.75 Å². The molecule has 3 aromatic heterocycles. The van der Waals surface area contributed by atoms with Crippen molar-refractivity contribution in [1.82, 2.24) is 46.3 Å². The minimum atomic E-state index is -1.01. The number of nitrogens with zero attached hydrogens (tertiary/aromatic N) is 7. The topological polar surface area (TPSA) is 240 Å². The van der Waals surface area contributed by atoms with Crippen molar-refractivity contribution >= 4 is 63.0 Å². The fourth-order valence-corrected chi connectivity index (χ4v) is 6.03. The summed E-state index contributed by atoms with van der Waals surface area (Å²) in [5.74, 6) is 0.140. The summed E-state index contributed by atoms with van der Waals surface area (Å²) in [7, 11) is 0. The van der Waals surface area contributed by atoms with E-state index in [9.17, 15) is 9.59 Å². The van der Waals surface area contributed by atoms with Gasteiger partial charge in [0.05, 0.1) is 11.1 Å². The summed E-state index contributed by atoms with van der Waals surface area (Å²) in [6.07, 6.45) is 1.08. The number of nitrogens with two attached hydrogens (primary N) is 1. The first-order valence-corrected chi connectivity index (χ1v) is 16.1. The lowest BCUT2D eigenvalue weighted by atomic mass is 9.84. The number of hydroxylamine groups is 2. The molecule has 2 fully saturated rings. The SMILES string of the molecule is CC1(C)[C@H](NC(=O)/C(=N\OC(COc2ccc3nc(NC4CCNCC4)ccc3c2)c2nn[nH]n2)c2csc(N)n2)C(=O)N1OSO. The summed E-state index contributed by atoms with van der Waals surface area (Å²) in [4.78, 5) is 40.7. The molecule has 18 nitrogen and oxygen atoms in total. The standard InChI is InChI=1S/C27H32N12O6S2/c1-27(2)22(25(41)39(27)45-47-42)33-24(40)21(18-13-46-26(28)32-18)36-44-19(23-34-37-38-35-23)12-43-16-4-5-17-14(11-16)3-6-20(31-17)30-15-7-9-29-10-8-15/h3-6,11,13,15,19,22,29,42H,7-10,12H2,1-2H3,(H2,28,32)(H,30,31)(H,33,40)(H,34,35,37,38)/b36-21-/t19?,22-/m1/s1. The third-order valence-electron chi connectivity index (χ3n) is 7.71. The summed E-state index contributed by atoms with van der Waals surface area (Å²) in [5, 5.41) is 31.1. The van der Waals surface area contributed by atoms with Gasteiger partial charge in [-0.1, -0.05) is 10.4 Å². The number of aromatic amines is 1. The van der Waals surface area contributed by atoms with Gasteiger partial charge in [0.15, 0.2) is 23.2 Å². The fraction of sp³-hybridized carbons (Fsp3) is 0.407. The number of nitrogen functional groups attached to an aromatic ring is 1. The number of aromatic nitrogens is 6. The molecule has 0 spiro atoms. The van der Waals surface area contributed by atoms with E-state index in [1.54, 1.807) is 19.9 Å². The lowest BCUT2D eigenvalue weighted by molar-refractivity contribution is -0.214. The average Bonchev–Trinajstić information content (AvgIpc) is 3.76.